The van der Waals surface area contributed by atoms with E-state index < -0.39 is 23.6 Å². The molecule has 1 aromatic carbocycles. The average molecular weight is 487 g/mol. The molecular weight excluding hydrogens is 463 g/mol. The maximum Gasteiger partial charge on any atom is 0.416 e. The number of amides is 2. The molecule has 0 spiro atoms. The van der Waals surface area contributed by atoms with Gasteiger partial charge < -0.3 is 15.0 Å². The van der Waals surface area contributed by atoms with Crippen molar-refractivity contribution in [3.63, 3.8) is 0 Å². The average Bonchev–Trinajstić information content (AvgIpc) is 3.28. The van der Waals surface area contributed by atoms with Crippen LogP contribution in [0, 0.1) is 12.8 Å². The van der Waals surface area contributed by atoms with Crippen LogP contribution < -0.4 is 10.1 Å². The Morgan fingerprint density at radius 1 is 1.17 bits per heavy atom. The molecule has 1 aliphatic rings. The zero-order chi connectivity index (χ0) is 25.2. The third-order valence-corrected chi connectivity index (χ3v) is 5.76. The number of aromatic nitrogens is 3. The molecule has 1 N–H and O–H groups in total. The quantitative estimate of drug-likeness (QED) is 0.586. The number of hydrogen-bond acceptors (Lipinski definition) is 5. The smallest absolute Gasteiger partial charge is 0.416 e. The second-order valence-electron chi connectivity index (χ2n) is 8.28. The minimum atomic E-state index is -4.51. The molecule has 0 bridgehead atoms. The Morgan fingerprint density at radius 3 is 2.66 bits per heavy atom. The molecule has 0 radical (unpaired) electrons. The van der Waals surface area contributed by atoms with E-state index in [1.54, 1.807) is 12.1 Å². The van der Waals surface area contributed by atoms with Crippen molar-refractivity contribution in [1.29, 1.82) is 0 Å². The third kappa shape index (κ3) is 5.44. The van der Waals surface area contributed by atoms with E-state index in [-0.39, 0.29) is 29.6 Å². The zero-order valence-electron chi connectivity index (χ0n) is 19.2. The molecule has 1 aliphatic heterocycles. The van der Waals surface area contributed by atoms with Gasteiger partial charge in [-0.15, -0.1) is 0 Å². The maximum absolute atomic E-state index is 13.3. The van der Waals surface area contributed by atoms with Crippen LogP contribution in [0.1, 0.15) is 34.6 Å². The fourth-order valence-corrected chi connectivity index (χ4v) is 3.98. The van der Waals surface area contributed by atoms with Crippen LogP contribution in [0.5, 0.6) is 5.75 Å². The number of methoxy groups -OCH3 is 1. The Hall–Kier alpha value is -3.89. The number of ether oxygens (including phenoxy) is 1. The van der Waals surface area contributed by atoms with Gasteiger partial charge in [-0.1, -0.05) is 12.1 Å². The monoisotopic (exact) mass is 487 g/mol. The van der Waals surface area contributed by atoms with Gasteiger partial charge in [0.05, 0.1) is 30.5 Å². The summed E-state index contributed by atoms with van der Waals surface area (Å²) in [6, 6.07) is 9.94. The highest BCUT2D eigenvalue weighted by molar-refractivity contribution is 5.96. The van der Waals surface area contributed by atoms with Gasteiger partial charge in [0.15, 0.2) is 11.4 Å². The van der Waals surface area contributed by atoms with Crippen molar-refractivity contribution in [3.05, 3.63) is 65.6 Å². The summed E-state index contributed by atoms with van der Waals surface area (Å²) in [4.78, 5) is 31.8. The minimum Gasteiger partial charge on any atom is -0.493 e. The van der Waals surface area contributed by atoms with Gasteiger partial charge in [0, 0.05) is 18.8 Å². The SMILES string of the molecule is COc1cn(-c2cccc(C(F)(F)F)c2)nc1C(=O)N1CCCC(C(=O)Nc2cccc(C)n2)C1. The predicted octanol–water partition coefficient (Wildman–Crippen LogP) is 4.09. The number of likely N-dealkylation sites (tertiary alicyclic amines) is 1. The number of alkyl halides is 3. The van der Waals surface area contributed by atoms with Crippen LogP contribution in [0.2, 0.25) is 0 Å². The molecule has 0 aliphatic carbocycles. The van der Waals surface area contributed by atoms with Crippen molar-refractivity contribution in [2.75, 3.05) is 25.5 Å². The highest BCUT2D eigenvalue weighted by Crippen LogP contribution is 2.31. The fraction of sp³-hybridized carbons (Fsp3) is 0.333. The van der Waals surface area contributed by atoms with Crippen LogP contribution in [-0.2, 0) is 11.0 Å². The predicted molar refractivity (Wildman–Crippen MR) is 121 cm³/mol. The van der Waals surface area contributed by atoms with Gasteiger partial charge in [-0.05, 0) is 50.1 Å². The molecular formula is C24H24F3N5O3. The van der Waals surface area contributed by atoms with E-state index in [9.17, 15) is 22.8 Å². The fourth-order valence-electron chi connectivity index (χ4n) is 3.98. The molecule has 35 heavy (non-hydrogen) atoms. The Kier molecular flexibility index (Phi) is 6.77. The number of rotatable bonds is 5. The van der Waals surface area contributed by atoms with E-state index in [1.807, 2.05) is 13.0 Å². The summed E-state index contributed by atoms with van der Waals surface area (Å²) in [6.07, 6.45) is -1.93. The van der Waals surface area contributed by atoms with E-state index in [2.05, 4.69) is 15.4 Å². The molecule has 3 aromatic rings. The second kappa shape index (κ2) is 9.77. The minimum absolute atomic E-state index is 0.0358. The van der Waals surface area contributed by atoms with Gasteiger partial charge in [0.2, 0.25) is 5.91 Å². The first kappa shape index (κ1) is 24.2. The Balaban J connectivity index is 1.52. The summed E-state index contributed by atoms with van der Waals surface area (Å²) in [5, 5.41) is 7.01. The first-order chi connectivity index (χ1) is 16.7. The van der Waals surface area contributed by atoms with Gasteiger partial charge in [-0.2, -0.15) is 18.3 Å². The topological polar surface area (TPSA) is 89.4 Å². The summed E-state index contributed by atoms with van der Waals surface area (Å²) >= 11 is 0. The number of anilines is 1. The summed E-state index contributed by atoms with van der Waals surface area (Å²) in [6.45, 7) is 2.42. The molecule has 1 atom stereocenters. The van der Waals surface area contributed by atoms with E-state index in [4.69, 9.17) is 4.74 Å². The number of aryl methyl sites for hydroxylation is 1. The number of benzene rings is 1. The van der Waals surface area contributed by atoms with Crippen molar-refractivity contribution < 1.29 is 27.5 Å². The third-order valence-electron chi connectivity index (χ3n) is 5.76. The van der Waals surface area contributed by atoms with Crippen LogP contribution in [0.15, 0.2) is 48.7 Å². The van der Waals surface area contributed by atoms with Crippen molar-refractivity contribution >= 4 is 17.6 Å². The molecule has 11 heteroatoms. The lowest BCUT2D eigenvalue weighted by molar-refractivity contribution is -0.137. The lowest BCUT2D eigenvalue weighted by atomic mass is 9.97. The number of nitrogens with one attached hydrogen (secondary N) is 1. The van der Waals surface area contributed by atoms with Crippen molar-refractivity contribution in [1.82, 2.24) is 19.7 Å². The highest BCUT2D eigenvalue weighted by atomic mass is 19.4. The van der Waals surface area contributed by atoms with E-state index in [1.165, 1.54) is 35.0 Å². The Labute approximate surface area is 199 Å². The summed E-state index contributed by atoms with van der Waals surface area (Å²) in [5.41, 5.74) is 0.0436. The van der Waals surface area contributed by atoms with Crippen LogP contribution in [0.4, 0.5) is 19.0 Å². The highest BCUT2D eigenvalue weighted by Gasteiger charge is 2.33. The maximum atomic E-state index is 13.3. The van der Waals surface area contributed by atoms with Crippen molar-refractivity contribution in [2.24, 2.45) is 5.92 Å². The molecule has 3 heterocycles. The first-order valence-electron chi connectivity index (χ1n) is 11.0. The molecule has 184 valence electrons. The lowest BCUT2D eigenvalue weighted by Gasteiger charge is -2.31. The number of carbonyl (C=O) groups is 2. The van der Waals surface area contributed by atoms with Gasteiger partial charge in [0.25, 0.3) is 5.91 Å². The van der Waals surface area contributed by atoms with Crippen molar-refractivity contribution in [3.8, 4) is 11.4 Å². The summed E-state index contributed by atoms with van der Waals surface area (Å²) in [5.74, 6) is -0.560. The van der Waals surface area contributed by atoms with Gasteiger partial charge in [-0.3, -0.25) is 9.59 Å². The van der Waals surface area contributed by atoms with Crippen LogP contribution in [0.25, 0.3) is 5.69 Å². The molecule has 2 amide bonds. The Morgan fingerprint density at radius 2 is 1.94 bits per heavy atom. The second-order valence-corrected chi connectivity index (χ2v) is 8.28. The van der Waals surface area contributed by atoms with Crippen molar-refractivity contribution in [2.45, 2.75) is 25.9 Å². The number of pyridine rings is 1. The molecule has 4 rings (SSSR count). The largest absolute Gasteiger partial charge is 0.493 e. The number of carbonyl (C=O) groups excluding carboxylic acids is 2. The normalized spacial score (nSPS) is 16.1. The standard InChI is InChI=1S/C24H24F3N5O3/c1-15-6-3-10-20(28-15)29-22(33)16-7-5-11-31(13-16)23(34)21-19(35-2)14-32(30-21)18-9-4-8-17(12-18)24(25,26)27/h3-4,6,8-10,12,14,16H,5,7,11,13H2,1-2H3,(H,28,29,33). The molecule has 8 nitrogen and oxygen atoms in total. The van der Waals surface area contributed by atoms with Crippen LogP contribution in [-0.4, -0.2) is 51.7 Å². The van der Waals surface area contributed by atoms with Gasteiger partial charge in [-0.25, -0.2) is 9.67 Å². The van der Waals surface area contributed by atoms with E-state index >= 15 is 0 Å². The van der Waals surface area contributed by atoms with Gasteiger partial charge >= 0.3 is 6.18 Å². The Bertz CT molecular complexity index is 1240. The summed E-state index contributed by atoms with van der Waals surface area (Å²) in [7, 11) is 1.35. The molecule has 0 saturated carbocycles. The molecule has 1 fully saturated rings. The van der Waals surface area contributed by atoms with E-state index in [0.29, 0.717) is 25.2 Å². The number of halogens is 3. The zero-order valence-corrected chi connectivity index (χ0v) is 19.2. The van der Waals surface area contributed by atoms with Gasteiger partial charge in [0.1, 0.15) is 5.82 Å². The summed E-state index contributed by atoms with van der Waals surface area (Å²) < 4.78 is 45.8. The van der Waals surface area contributed by atoms with E-state index in [0.717, 1.165) is 17.8 Å². The number of hydrogen-bond donors (Lipinski definition) is 1. The number of nitrogens with zero attached hydrogens (tertiary/aromatic N) is 4. The first-order valence-corrected chi connectivity index (χ1v) is 11.0. The lowest BCUT2D eigenvalue weighted by Crippen LogP contribution is -2.44. The van der Waals surface area contributed by atoms with Crippen LogP contribution in [0.3, 0.4) is 0 Å². The van der Waals surface area contributed by atoms with Crippen LogP contribution >= 0.6 is 0 Å². The number of piperidine rings is 1. The molecule has 1 saturated heterocycles. The molecule has 1 unspecified atom stereocenters. The molecule has 2 aromatic heterocycles.